The Balaban J connectivity index is 1.51. The number of ether oxygens (including phenoxy) is 6. The van der Waals surface area contributed by atoms with E-state index in [1.54, 1.807) is 6.07 Å². The van der Waals surface area contributed by atoms with Crippen LogP contribution in [0.1, 0.15) is 44.2 Å². The highest BCUT2D eigenvalue weighted by Crippen LogP contribution is 2.65. The molecule has 0 amide bonds. The maximum atomic E-state index is 13.7. The minimum atomic E-state index is -2.38. The average Bonchev–Trinajstić information content (AvgIpc) is 3.33. The molecule has 2 aliphatic carbocycles. The van der Waals surface area contributed by atoms with Gasteiger partial charge in [0.25, 0.3) is 0 Å². The number of carbonyl (C=O) groups excluding carboxylic acids is 4. The molecule has 2 bridgehead atoms. The molecule has 0 saturated carbocycles. The van der Waals surface area contributed by atoms with E-state index in [1.807, 2.05) is 13.1 Å². The molecule has 1 spiro atoms. The minimum Gasteiger partial charge on any atom is -0.493 e. The van der Waals surface area contributed by atoms with Gasteiger partial charge in [0.05, 0.1) is 24.5 Å². The molecule has 7 atom stereocenters. The van der Waals surface area contributed by atoms with E-state index >= 15 is 0 Å². The average molecular weight is 648 g/mol. The molecule has 46 heavy (non-hydrogen) atoms. The highest BCUT2D eigenvalue weighted by atomic mass is 16.6. The zero-order chi connectivity index (χ0) is 33.7. The van der Waals surface area contributed by atoms with Gasteiger partial charge in [-0.2, -0.15) is 0 Å². The largest absolute Gasteiger partial charge is 0.493 e. The summed E-state index contributed by atoms with van der Waals surface area (Å²) in [5.41, 5.74) is -0.762. The maximum Gasteiger partial charge on any atom is 0.357 e. The summed E-state index contributed by atoms with van der Waals surface area (Å²) in [6, 6.07) is 3.35. The molecule has 248 valence electrons. The van der Waals surface area contributed by atoms with Gasteiger partial charge in [-0.1, -0.05) is 6.07 Å². The third-order valence-corrected chi connectivity index (χ3v) is 9.00. The number of methoxy groups -OCH3 is 1. The lowest BCUT2D eigenvalue weighted by molar-refractivity contribution is -0.195. The van der Waals surface area contributed by atoms with E-state index < -0.39 is 77.7 Å². The topological polar surface area (TPSA) is 222 Å². The van der Waals surface area contributed by atoms with Crippen LogP contribution < -0.4 is 9.47 Å². The number of hydrogen-bond donors (Lipinski definition) is 3. The number of likely N-dealkylation sites (tertiary alicyclic amines) is 1. The molecule has 1 aromatic rings. The molecule has 1 saturated heterocycles. The van der Waals surface area contributed by atoms with E-state index in [2.05, 4.69) is 4.90 Å². The van der Waals surface area contributed by atoms with Gasteiger partial charge in [0.2, 0.25) is 18.3 Å². The van der Waals surface area contributed by atoms with Gasteiger partial charge in [-0.25, -0.2) is 14.4 Å². The molecule has 2 heterocycles. The fraction of sp³-hybridized carbons (Fsp3) is 0.533. The summed E-state index contributed by atoms with van der Waals surface area (Å²) in [7, 11) is 3.38. The molecule has 16 heteroatoms. The first-order chi connectivity index (χ1) is 21.6. The van der Waals surface area contributed by atoms with Gasteiger partial charge in [0.15, 0.2) is 17.6 Å². The fourth-order valence-electron chi connectivity index (χ4n) is 7.13. The first kappa shape index (κ1) is 32.7. The van der Waals surface area contributed by atoms with Crippen molar-refractivity contribution in [1.29, 1.82) is 0 Å². The smallest absolute Gasteiger partial charge is 0.357 e. The molecule has 4 aliphatic rings. The van der Waals surface area contributed by atoms with Crippen LogP contribution in [-0.2, 0) is 59.6 Å². The Hall–Kier alpha value is -4.70. The SMILES string of the molecule is COc1ccc2c3c1O[C@H]1C(OC(=O)[C@H](OC(C)=O)[C@@H](OC(C)=O)C(=O)O[C@@H](CC(=O)O)C(=O)O)=CC[C@@]4(O)[C@@H](C2)N(C)CC[C@]314. The summed E-state index contributed by atoms with van der Waals surface area (Å²) >= 11 is 0. The van der Waals surface area contributed by atoms with Crippen LogP contribution in [0.25, 0.3) is 0 Å². The van der Waals surface area contributed by atoms with Crippen LogP contribution in [0, 0.1) is 0 Å². The Labute approximate surface area is 261 Å². The van der Waals surface area contributed by atoms with Crippen molar-refractivity contribution in [2.24, 2.45) is 0 Å². The second kappa shape index (κ2) is 11.9. The van der Waals surface area contributed by atoms with E-state index in [1.165, 1.54) is 13.2 Å². The Kier molecular flexibility index (Phi) is 8.46. The number of piperidine rings is 1. The number of carbonyl (C=O) groups is 6. The predicted octanol–water partition coefficient (Wildman–Crippen LogP) is -0.149. The van der Waals surface area contributed by atoms with Crippen LogP contribution in [0.4, 0.5) is 0 Å². The maximum absolute atomic E-state index is 13.7. The first-order valence-corrected chi connectivity index (χ1v) is 14.4. The zero-order valence-corrected chi connectivity index (χ0v) is 25.3. The number of likely N-dealkylation sites (N-methyl/N-ethyl adjacent to an activating group) is 1. The third kappa shape index (κ3) is 5.20. The van der Waals surface area contributed by atoms with E-state index in [4.69, 9.17) is 33.5 Å². The summed E-state index contributed by atoms with van der Waals surface area (Å²) in [5.74, 6) is -8.10. The molecule has 5 rings (SSSR count). The summed E-state index contributed by atoms with van der Waals surface area (Å²) in [6.45, 7) is 2.33. The fourth-order valence-corrected chi connectivity index (χ4v) is 7.13. The second-order valence-electron chi connectivity index (χ2n) is 11.6. The van der Waals surface area contributed by atoms with Crippen molar-refractivity contribution < 1.29 is 72.5 Å². The molecular formula is C30H33NO15. The number of rotatable bonds is 11. The van der Waals surface area contributed by atoms with Crippen LogP contribution in [0.15, 0.2) is 24.0 Å². The quantitative estimate of drug-likeness (QED) is 0.210. The molecule has 2 aliphatic heterocycles. The van der Waals surface area contributed by atoms with Crippen molar-refractivity contribution in [3.63, 3.8) is 0 Å². The molecule has 16 nitrogen and oxygen atoms in total. The van der Waals surface area contributed by atoms with Gasteiger partial charge in [0, 0.05) is 31.9 Å². The Morgan fingerprint density at radius 2 is 1.67 bits per heavy atom. The number of aliphatic carboxylic acids is 2. The van der Waals surface area contributed by atoms with Crippen LogP contribution >= 0.6 is 0 Å². The monoisotopic (exact) mass is 647 g/mol. The molecule has 3 N–H and O–H groups in total. The first-order valence-electron chi connectivity index (χ1n) is 14.4. The van der Waals surface area contributed by atoms with Gasteiger partial charge in [0.1, 0.15) is 5.76 Å². The third-order valence-electron chi connectivity index (χ3n) is 9.00. The Morgan fingerprint density at radius 3 is 2.26 bits per heavy atom. The minimum absolute atomic E-state index is 0.0314. The Bertz CT molecular complexity index is 1540. The van der Waals surface area contributed by atoms with E-state index in [9.17, 15) is 39.0 Å². The molecular weight excluding hydrogens is 614 g/mol. The van der Waals surface area contributed by atoms with Crippen molar-refractivity contribution in [2.45, 2.75) is 81.0 Å². The number of carboxylic acid groups (broad SMARTS) is 2. The van der Waals surface area contributed by atoms with Gasteiger partial charge in [-0.15, -0.1) is 0 Å². The van der Waals surface area contributed by atoms with Gasteiger partial charge < -0.3 is 48.6 Å². The lowest BCUT2D eigenvalue weighted by atomic mass is 9.50. The number of aliphatic hydroxyl groups is 1. The second-order valence-corrected chi connectivity index (χ2v) is 11.6. The van der Waals surface area contributed by atoms with Crippen LogP contribution in [0.2, 0.25) is 0 Å². The van der Waals surface area contributed by atoms with Crippen LogP contribution in [0.3, 0.4) is 0 Å². The highest BCUT2D eigenvalue weighted by Gasteiger charge is 2.72. The Morgan fingerprint density at radius 1 is 1.02 bits per heavy atom. The number of carboxylic acids is 2. The highest BCUT2D eigenvalue weighted by molar-refractivity contribution is 5.91. The molecule has 0 aromatic heterocycles. The van der Waals surface area contributed by atoms with Crippen molar-refractivity contribution in [3.8, 4) is 11.5 Å². The molecule has 0 unspecified atom stereocenters. The van der Waals surface area contributed by atoms with Crippen molar-refractivity contribution >= 4 is 35.8 Å². The van der Waals surface area contributed by atoms with E-state index in [0.717, 1.165) is 25.0 Å². The van der Waals surface area contributed by atoms with E-state index in [-0.39, 0.29) is 18.2 Å². The van der Waals surface area contributed by atoms with E-state index in [0.29, 0.717) is 30.9 Å². The van der Waals surface area contributed by atoms with Crippen molar-refractivity contribution in [1.82, 2.24) is 4.90 Å². The van der Waals surface area contributed by atoms with Crippen molar-refractivity contribution in [3.05, 3.63) is 35.1 Å². The normalized spacial score (nSPS) is 27.4. The number of nitrogens with zero attached hydrogens (tertiary/aromatic N) is 1. The zero-order valence-electron chi connectivity index (χ0n) is 25.3. The number of esters is 4. The predicted molar refractivity (Wildman–Crippen MR) is 148 cm³/mol. The van der Waals surface area contributed by atoms with Gasteiger partial charge >= 0.3 is 35.8 Å². The summed E-state index contributed by atoms with van der Waals surface area (Å²) in [6.07, 6.45) is -6.71. The molecule has 1 fully saturated rings. The van der Waals surface area contributed by atoms with Crippen LogP contribution in [-0.4, -0.2) is 113 Å². The molecule has 1 aromatic carbocycles. The number of hydrogen-bond acceptors (Lipinski definition) is 14. The lowest BCUT2D eigenvalue weighted by Gasteiger charge is -2.61. The van der Waals surface area contributed by atoms with Gasteiger partial charge in [-0.3, -0.25) is 14.4 Å². The summed E-state index contributed by atoms with van der Waals surface area (Å²) < 4.78 is 32.4. The van der Waals surface area contributed by atoms with Crippen molar-refractivity contribution in [2.75, 3.05) is 20.7 Å². The molecule has 0 radical (unpaired) electrons. The summed E-state index contributed by atoms with van der Waals surface area (Å²) in [4.78, 5) is 75.5. The van der Waals surface area contributed by atoms with Gasteiger partial charge in [-0.05, 0) is 44.1 Å². The van der Waals surface area contributed by atoms with Crippen LogP contribution in [0.5, 0.6) is 11.5 Å². The number of benzene rings is 1. The standard InChI is InChI=1S/C30H33NO15/c1-13(32)42-23(24(43-14(2)33)28(39)45-18(26(36)37)12-20(34)35)27(38)44-17-7-8-30(40)19-11-15-5-6-16(41-4)22-21(15)29(30,25(17)46-22)9-10-31(19)3/h5-7,18-19,23-25,40H,8-12H2,1-4H3,(H,34,35)(H,36,37)/t18-,19+,23+,24+,25-,29-,30+/m0/s1. The lowest BCUT2D eigenvalue weighted by Crippen LogP contribution is -2.74. The summed E-state index contributed by atoms with van der Waals surface area (Å²) in [5, 5.41) is 30.7.